The van der Waals surface area contributed by atoms with Crippen LogP contribution < -0.4 is 10.1 Å². The molecule has 2 aromatic rings. The largest absolute Gasteiger partial charge is 0.487 e. The minimum Gasteiger partial charge on any atom is -0.487 e. The van der Waals surface area contributed by atoms with Gasteiger partial charge < -0.3 is 10.1 Å². The summed E-state index contributed by atoms with van der Waals surface area (Å²) in [6.07, 6.45) is 0.665. The third-order valence-electron chi connectivity index (χ3n) is 4.82. The van der Waals surface area contributed by atoms with Crippen LogP contribution in [0.5, 0.6) is 5.75 Å². The lowest BCUT2D eigenvalue weighted by atomic mass is 9.98. The van der Waals surface area contributed by atoms with Gasteiger partial charge in [0.2, 0.25) is 15.9 Å². The lowest BCUT2D eigenvalue weighted by molar-refractivity contribution is -0.384. The number of nitro groups is 1. The lowest BCUT2D eigenvalue weighted by Gasteiger charge is -2.30. The maximum Gasteiger partial charge on any atom is 0.275 e. The van der Waals surface area contributed by atoms with Gasteiger partial charge in [0.15, 0.2) is 0 Å². The van der Waals surface area contributed by atoms with Gasteiger partial charge in [0, 0.05) is 38.5 Å². The first-order valence-electron chi connectivity index (χ1n) is 9.56. The number of nitrogens with one attached hydrogen (secondary N) is 1. The number of halogens is 2. The number of carbonyl (C=O) groups excluding carboxylic acids is 1. The zero-order valence-electron chi connectivity index (χ0n) is 17.0. The molecular formula is C18H21F2N5O6S. The van der Waals surface area contributed by atoms with Gasteiger partial charge in [-0.05, 0) is 12.8 Å². The second-order valence-electron chi connectivity index (χ2n) is 7.22. The molecule has 174 valence electrons. The second kappa shape index (κ2) is 9.56. The number of nitro benzene ring substituents is 1. The van der Waals surface area contributed by atoms with Gasteiger partial charge in [-0.2, -0.15) is 9.40 Å². The van der Waals surface area contributed by atoms with E-state index in [2.05, 4.69) is 10.4 Å². The van der Waals surface area contributed by atoms with Crippen molar-refractivity contribution >= 4 is 27.3 Å². The Morgan fingerprint density at radius 1 is 1.41 bits per heavy atom. The molecule has 1 aromatic heterocycles. The predicted octanol–water partition coefficient (Wildman–Crippen LogP) is 2.01. The number of benzene rings is 1. The Balaban J connectivity index is 1.74. The van der Waals surface area contributed by atoms with Crippen molar-refractivity contribution in [3.63, 3.8) is 0 Å². The zero-order valence-corrected chi connectivity index (χ0v) is 17.8. The standard InChI is InChI=1S/C18H21F2N5O6S/c1-23-10-16(8-21-23)32(29,30)24-4-2-3-12(9-24)18(26)22-13-5-14(25(27)28)7-15(6-13)31-11-17(19)20/h5-8,10,12,17H,2-4,9,11H2,1H3,(H,22,26)/t12-/m0/s1. The van der Waals surface area contributed by atoms with E-state index >= 15 is 0 Å². The van der Waals surface area contributed by atoms with E-state index in [1.54, 1.807) is 7.05 Å². The molecule has 32 heavy (non-hydrogen) atoms. The maximum atomic E-state index is 12.8. The molecule has 1 aromatic carbocycles. The first kappa shape index (κ1) is 23.5. The van der Waals surface area contributed by atoms with Crippen LogP contribution >= 0.6 is 0 Å². The highest BCUT2D eigenvalue weighted by atomic mass is 32.2. The predicted molar refractivity (Wildman–Crippen MR) is 108 cm³/mol. The number of amides is 1. The Hall–Kier alpha value is -3.13. The number of ether oxygens (including phenoxy) is 1. The van der Waals surface area contributed by atoms with Gasteiger partial charge in [-0.25, -0.2) is 17.2 Å². The van der Waals surface area contributed by atoms with Gasteiger partial charge in [-0.1, -0.05) is 0 Å². The Bertz CT molecular complexity index is 1110. The molecule has 0 radical (unpaired) electrons. The van der Waals surface area contributed by atoms with E-state index in [0.717, 1.165) is 12.1 Å². The quantitative estimate of drug-likeness (QED) is 0.457. The van der Waals surface area contributed by atoms with Gasteiger partial charge in [-0.15, -0.1) is 0 Å². The number of piperidine rings is 1. The molecule has 1 atom stereocenters. The molecular weight excluding hydrogens is 452 g/mol. The summed E-state index contributed by atoms with van der Waals surface area (Å²) in [4.78, 5) is 23.2. The Kier molecular flexibility index (Phi) is 7.03. The van der Waals surface area contributed by atoms with Crippen molar-refractivity contribution in [3.05, 3.63) is 40.7 Å². The van der Waals surface area contributed by atoms with Crippen LogP contribution in [-0.4, -0.2) is 59.5 Å². The van der Waals surface area contributed by atoms with E-state index in [9.17, 15) is 32.1 Å². The zero-order chi connectivity index (χ0) is 23.5. The Morgan fingerprint density at radius 3 is 2.78 bits per heavy atom. The fraction of sp³-hybridized carbons (Fsp3) is 0.444. The van der Waals surface area contributed by atoms with Crippen LogP contribution in [0, 0.1) is 16.0 Å². The number of aromatic nitrogens is 2. The molecule has 0 spiro atoms. The molecule has 1 aliphatic rings. The minimum atomic E-state index is -3.83. The SMILES string of the molecule is Cn1cc(S(=O)(=O)N2CCC[C@H](C(=O)Nc3cc(OCC(F)F)cc([N+](=O)[O-])c3)C2)cn1. The van der Waals surface area contributed by atoms with Crippen LogP contribution in [0.1, 0.15) is 12.8 Å². The molecule has 11 nitrogen and oxygen atoms in total. The van der Waals surface area contributed by atoms with Gasteiger partial charge in [-0.3, -0.25) is 19.6 Å². The molecule has 1 fully saturated rings. The van der Waals surface area contributed by atoms with Gasteiger partial charge >= 0.3 is 0 Å². The van der Waals surface area contributed by atoms with Crippen LogP contribution in [0.2, 0.25) is 0 Å². The number of anilines is 1. The molecule has 14 heteroatoms. The lowest BCUT2D eigenvalue weighted by Crippen LogP contribution is -2.43. The molecule has 1 amide bonds. The van der Waals surface area contributed by atoms with Crippen LogP contribution in [0.15, 0.2) is 35.5 Å². The number of hydrogen-bond donors (Lipinski definition) is 1. The summed E-state index contributed by atoms with van der Waals surface area (Å²) in [7, 11) is -2.24. The van der Waals surface area contributed by atoms with Crippen molar-refractivity contribution in [1.82, 2.24) is 14.1 Å². The monoisotopic (exact) mass is 473 g/mol. The highest BCUT2D eigenvalue weighted by Crippen LogP contribution is 2.28. The van der Waals surface area contributed by atoms with Gasteiger partial charge in [0.1, 0.15) is 17.3 Å². The topological polar surface area (TPSA) is 137 Å². The number of rotatable bonds is 8. The first-order chi connectivity index (χ1) is 15.1. The summed E-state index contributed by atoms with van der Waals surface area (Å²) in [5, 5.41) is 17.5. The first-order valence-corrected chi connectivity index (χ1v) is 11.0. The molecule has 3 rings (SSSR count). The van der Waals surface area contributed by atoms with Crippen molar-refractivity contribution in [2.75, 3.05) is 25.0 Å². The molecule has 0 saturated carbocycles. The summed E-state index contributed by atoms with van der Waals surface area (Å²) < 4.78 is 57.8. The average Bonchev–Trinajstić information content (AvgIpc) is 3.19. The number of carbonyl (C=O) groups is 1. The number of hydrogen-bond acceptors (Lipinski definition) is 7. The molecule has 1 N–H and O–H groups in total. The normalized spacial score (nSPS) is 17.3. The number of aryl methyl sites for hydroxylation is 1. The smallest absolute Gasteiger partial charge is 0.275 e. The summed E-state index contributed by atoms with van der Waals surface area (Å²) >= 11 is 0. The van der Waals surface area contributed by atoms with Crippen molar-refractivity contribution in [1.29, 1.82) is 0 Å². The maximum absolute atomic E-state index is 12.8. The Morgan fingerprint density at radius 2 is 2.16 bits per heavy atom. The minimum absolute atomic E-state index is 0.0132. The van der Waals surface area contributed by atoms with E-state index < -0.39 is 45.5 Å². The molecule has 2 heterocycles. The molecule has 0 unspecified atom stereocenters. The van der Waals surface area contributed by atoms with Gasteiger partial charge in [0.25, 0.3) is 12.1 Å². The molecule has 1 aliphatic heterocycles. The highest BCUT2D eigenvalue weighted by Gasteiger charge is 2.34. The number of non-ortho nitro benzene ring substituents is 1. The number of sulfonamides is 1. The highest BCUT2D eigenvalue weighted by molar-refractivity contribution is 7.89. The summed E-state index contributed by atoms with van der Waals surface area (Å²) in [6, 6.07) is 3.24. The van der Waals surface area contributed by atoms with Crippen molar-refractivity contribution in [3.8, 4) is 5.75 Å². The van der Waals surface area contributed by atoms with Crippen LogP contribution in [-0.2, 0) is 21.9 Å². The molecule has 0 bridgehead atoms. The third kappa shape index (κ3) is 5.56. The fourth-order valence-electron chi connectivity index (χ4n) is 3.30. The third-order valence-corrected chi connectivity index (χ3v) is 6.64. The Labute approximate surface area is 182 Å². The van der Waals surface area contributed by atoms with E-state index in [0.29, 0.717) is 12.8 Å². The number of alkyl halides is 2. The van der Waals surface area contributed by atoms with E-state index in [1.807, 2.05) is 0 Å². The van der Waals surface area contributed by atoms with E-state index in [-0.39, 0.29) is 29.4 Å². The number of nitrogens with zero attached hydrogens (tertiary/aromatic N) is 4. The van der Waals surface area contributed by atoms with Crippen LogP contribution in [0.25, 0.3) is 0 Å². The van der Waals surface area contributed by atoms with Crippen molar-refractivity contribution in [2.45, 2.75) is 24.2 Å². The van der Waals surface area contributed by atoms with Crippen molar-refractivity contribution < 1.29 is 31.7 Å². The van der Waals surface area contributed by atoms with Crippen LogP contribution in [0.3, 0.4) is 0 Å². The van der Waals surface area contributed by atoms with Crippen LogP contribution in [0.4, 0.5) is 20.2 Å². The van der Waals surface area contributed by atoms with Gasteiger partial charge in [0.05, 0.1) is 28.8 Å². The summed E-state index contributed by atoms with van der Waals surface area (Å²) in [5.74, 6) is -1.45. The van der Waals surface area contributed by atoms with E-state index in [4.69, 9.17) is 4.74 Å². The molecule has 0 aliphatic carbocycles. The molecule has 1 saturated heterocycles. The second-order valence-corrected chi connectivity index (χ2v) is 9.15. The summed E-state index contributed by atoms with van der Waals surface area (Å²) in [6.45, 7) is -0.797. The average molecular weight is 473 g/mol. The van der Waals surface area contributed by atoms with E-state index in [1.165, 1.54) is 27.4 Å². The fourth-order valence-corrected chi connectivity index (χ4v) is 4.81. The summed E-state index contributed by atoms with van der Waals surface area (Å²) in [5.41, 5.74) is -0.461. The van der Waals surface area contributed by atoms with Crippen molar-refractivity contribution in [2.24, 2.45) is 13.0 Å².